The highest BCUT2D eigenvalue weighted by molar-refractivity contribution is 14.1. The number of nitrogens with zero attached hydrogens (tertiary/aromatic N) is 3. The van der Waals surface area contributed by atoms with Crippen LogP contribution in [0.4, 0.5) is 5.95 Å². The number of aliphatic hydroxyl groups excluding tert-OH is 2. The van der Waals surface area contributed by atoms with Crippen molar-refractivity contribution >= 4 is 28.5 Å². The predicted octanol–water partition coefficient (Wildman–Crippen LogP) is -0.155. The normalized spacial score (nSPS) is 33.6. The average Bonchev–Trinajstić information content (AvgIpc) is 2.75. The summed E-state index contributed by atoms with van der Waals surface area (Å²) in [6.07, 6.45) is -0.614. The summed E-state index contributed by atoms with van der Waals surface area (Å²) in [6.45, 7) is 0.207. The smallest absolute Gasteiger partial charge is 0.390 e. The number of hydrogen-bond acceptors (Lipinski definition) is 6. The molecule has 1 aromatic rings. The molecule has 2 rings (SSSR count). The van der Waals surface area contributed by atoms with Gasteiger partial charge in [0.15, 0.2) is 0 Å². The first-order valence-electron chi connectivity index (χ1n) is 4.81. The second-order valence-corrected chi connectivity index (χ2v) is 5.21. The molecule has 0 aromatic carbocycles. The van der Waals surface area contributed by atoms with Crippen molar-refractivity contribution in [2.75, 3.05) is 6.61 Å². The summed E-state index contributed by atoms with van der Waals surface area (Å²) >= 11 is 1.95. The van der Waals surface area contributed by atoms with E-state index in [-0.39, 0.29) is 10.5 Å². The van der Waals surface area contributed by atoms with Crippen molar-refractivity contribution in [1.29, 1.82) is 0 Å². The number of hydrogen-bond donors (Lipinski definition) is 2. The fourth-order valence-corrected chi connectivity index (χ4v) is 2.29. The lowest BCUT2D eigenvalue weighted by Crippen LogP contribution is -2.48. The summed E-state index contributed by atoms with van der Waals surface area (Å²) in [7, 11) is 0. The molecular formula is C8H10IN3O5. The van der Waals surface area contributed by atoms with Gasteiger partial charge in [0.05, 0.1) is 16.6 Å². The van der Waals surface area contributed by atoms with Gasteiger partial charge in [0.1, 0.15) is 18.5 Å². The molecule has 4 atom stereocenters. The van der Waals surface area contributed by atoms with Gasteiger partial charge in [-0.25, -0.2) is 0 Å². The van der Waals surface area contributed by atoms with E-state index in [0.717, 1.165) is 4.57 Å². The Morgan fingerprint density at radius 2 is 2.29 bits per heavy atom. The minimum atomic E-state index is -1.22. The molecule has 1 aromatic heterocycles. The molecule has 2 N–H and O–H groups in total. The number of aliphatic hydroxyl groups is 2. The van der Waals surface area contributed by atoms with Crippen LogP contribution in [0.2, 0.25) is 0 Å². The fraction of sp³-hybridized carbons (Fsp3) is 0.625. The molecule has 0 radical (unpaired) electrons. The zero-order valence-electron chi connectivity index (χ0n) is 8.51. The Morgan fingerprint density at radius 3 is 2.94 bits per heavy atom. The Labute approximate surface area is 110 Å². The van der Waals surface area contributed by atoms with Crippen LogP contribution >= 0.6 is 22.6 Å². The van der Waals surface area contributed by atoms with E-state index >= 15 is 0 Å². The molecule has 17 heavy (non-hydrogen) atoms. The largest absolute Gasteiger partial charge is 0.436 e. The van der Waals surface area contributed by atoms with Gasteiger partial charge in [-0.3, -0.25) is 0 Å². The van der Waals surface area contributed by atoms with Crippen LogP contribution in [0.3, 0.4) is 0 Å². The maximum absolute atomic E-state index is 10.7. The molecule has 0 aliphatic carbocycles. The first-order valence-corrected chi connectivity index (χ1v) is 6.06. The third-order valence-corrected chi connectivity index (χ3v) is 3.62. The SMILES string of the molecule is O=[N+]([O-])c1nccn1C1OC[C@H](I)[C@@H](O)[C@@H]1O. The van der Waals surface area contributed by atoms with Crippen molar-refractivity contribution in [2.24, 2.45) is 0 Å². The van der Waals surface area contributed by atoms with Crippen molar-refractivity contribution in [1.82, 2.24) is 9.55 Å². The van der Waals surface area contributed by atoms with Crippen LogP contribution < -0.4 is 0 Å². The second kappa shape index (κ2) is 4.84. The molecule has 8 nitrogen and oxygen atoms in total. The van der Waals surface area contributed by atoms with Gasteiger partial charge in [0.25, 0.3) is 0 Å². The molecule has 0 saturated carbocycles. The molecule has 2 heterocycles. The molecule has 9 heteroatoms. The minimum absolute atomic E-state index is 0.207. The first-order chi connectivity index (χ1) is 8.02. The highest BCUT2D eigenvalue weighted by atomic mass is 127. The number of alkyl halides is 1. The van der Waals surface area contributed by atoms with Crippen LogP contribution in [0.25, 0.3) is 0 Å². The lowest BCUT2D eigenvalue weighted by molar-refractivity contribution is -0.399. The third kappa shape index (κ3) is 2.27. The van der Waals surface area contributed by atoms with Gasteiger partial charge >= 0.3 is 5.95 Å². The van der Waals surface area contributed by atoms with Gasteiger partial charge in [-0.15, -0.1) is 0 Å². The molecule has 0 spiro atoms. The van der Waals surface area contributed by atoms with Crippen LogP contribution in [0.5, 0.6) is 0 Å². The molecule has 1 fully saturated rings. The van der Waals surface area contributed by atoms with Crippen LogP contribution in [0.1, 0.15) is 6.23 Å². The summed E-state index contributed by atoms with van der Waals surface area (Å²) in [5.74, 6) is -0.423. The molecule has 0 bridgehead atoms. The van der Waals surface area contributed by atoms with E-state index in [0.29, 0.717) is 0 Å². The zero-order valence-corrected chi connectivity index (χ0v) is 10.7. The fourth-order valence-electron chi connectivity index (χ4n) is 1.66. The zero-order chi connectivity index (χ0) is 12.6. The second-order valence-electron chi connectivity index (χ2n) is 3.61. The van der Waals surface area contributed by atoms with Crippen molar-refractivity contribution < 1.29 is 19.9 Å². The van der Waals surface area contributed by atoms with Gasteiger partial charge in [-0.2, -0.15) is 4.57 Å². The van der Waals surface area contributed by atoms with E-state index in [4.69, 9.17) is 4.74 Å². The molecule has 1 unspecified atom stereocenters. The topological polar surface area (TPSA) is 111 Å². The predicted molar refractivity (Wildman–Crippen MR) is 63.7 cm³/mol. The standard InChI is InChI=1S/C8H10IN3O5/c9-4-3-17-7(6(14)5(4)13)11-2-1-10-8(11)12(15)16/h1-2,4-7,13-14H,3H2/t4-,5+,6-,7?/m0/s1. The van der Waals surface area contributed by atoms with Gasteiger partial charge < -0.3 is 25.1 Å². The quantitative estimate of drug-likeness (QED) is 0.330. The van der Waals surface area contributed by atoms with E-state index < -0.39 is 29.3 Å². The molecule has 1 aliphatic heterocycles. The Balaban J connectivity index is 2.28. The molecular weight excluding hydrogens is 345 g/mol. The lowest BCUT2D eigenvalue weighted by atomic mass is 10.1. The van der Waals surface area contributed by atoms with Gasteiger partial charge in [-0.05, 0) is 4.92 Å². The number of ether oxygens (including phenoxy) is 1. The summed E-state index contributed by atoms with van der Waals surface area (Å²) in [5.41, 5.74) is 0. The molecule has 1 aliphatic rings. The summed E-state index contributed by atoms with van der Waals surface area (Å²) in [6, 6.07) is 0. The van der Waals surface area contributed by atoms with Crippen LogP contribution in [-0.2, 0) is 4.74 Å². The highest BCUT2D eigenvalue weighted by Gasteiger charge is 2.41. The van der Waals surface area contributed by atoms with Crippen LogP contribution in [0.15, 0.2) is 12.4 Å². The first kappa shape index (κ1) is 12.7. The number of halogens is 1. The van der Waals surface area contributed by atoms with E-state index in [2.05, 4.69) is 4.98 Å². The van der Waals surface area contributed by atoms with Crippen molar-refractivity contribution in [3.8, 4) is 0 Å². The van der Waals surface area contributed by atoms with Gasteiger partial charge in [-0.1, -0.05) is 27.6 Å². The van der Waals surface area contributed by atoms with Crippen LogP contribution in [-0.4, -0.2) is 47.4 Å². The Bertz CT molecular complexity index is 425. The molecule has 94 valence electrons. The Morgan fingerprint density at radius 1 is 1.59 bits per heavy atom. The average molecular weight is 355 g/mol. The van der Waals surface area contributed by atoms with Crippen LogP contribution in [0, 0.1) is 10.1 Å². The summed E-state index contributed by atoms with van der Waals surface area (Å²) in [4.78, 5) is 13.6. The van der Waals surface area contributed by atoms with E-state index in [1.807, 2.05) is 22.6 Å². The monoisotopic (exact) mass is 355 g/mol. The Kier molecular flexibility index (Phi) is 3.61. The number of aromatic nitrogens is 2. The van der Waals surface area contributed by atoms with Crippen molar-refractivity contribution in [3.05, 3.63) is 22.5 Å². The van der Waals surface area contributed by atoms with E-state index in [9.17, 15) is 20.3 Å². The molecule has 0 amide bonds. The highest BCUT2D eigenvalue weighted by Crippen LogP contribution is 2.30. The Hall–Kier alpha value is -0.780. The third-order valence-electron chi connectivity index (χ3n) is 2.52. The van der Waals surface area contributed by atoms with E-state index in [1.165, 1.54) is 12.4 Å². The van der Waals surface area contributed by atoms with Crippen molar-refractivity contribution in [3.63, 3.8) is 0 Å². The maximum atomic E-state index is 10.7. The maximum Gasteiger partial charge on any atom is 0.436 e. The van der Waals surface area contributed by atoms with Gasteiger partial charge in [0.2, 0.25) is 6.23 Å². The number of nitro groups is 1. The lowest BCUT2D eigenvalue weighted by Gasteiger charge is -2.33. The van der Waals surface area contributed by atoms with Crippen molar-refractivity contribution in [2.45, 2.75) is 22.4 Å². The van der Waals surface area contributed by atoms with Gasteiger partial charge in [0, 0.05) is 0 Å². The molecule has 1 saturated heterocycles. The number of imidazole rings is 1. The van der Waals surface area contributed by atoms with E-state index in [1.54, 1.807) is 0 Å². The number of rotatable bonds is 2. The minimum Gasteiger partial charge on any atom is -0.390 e. The summed E-state index contributed by atoms with van der Waals surface area (Å²) < 4.78 is 6.17. The summed E-state index contributed by atoms with van der Waals surface area (Å²) in [5, 5.41) is 30.2.